The molecule has 0 saturated carbocycles. The van der Waals surface area contributed by atoms with E-state index >= 15 is 0 Å². The average molecular weight is 206 g/mol. The Bertz CT molecular complexity index is 124. The molecule has 0 aromatic rings. The number of hydrogen-bond donors (Lipinski definition) is 0. The van der Waals surface area contributed by atoms with Crippen LogP contribution >= 0.6 is 0 Å². The molecule has 0 spiro atoms. The van der Waals surface area contributed by atoms with Gasteiger partial charge in [0.2, 0.25) is 0 Å². The normalized spacial score (nSPS) is 12.5. The monoisotopic (exact) mass is 206 g/mol. The highest BCUT2D eigenvalue weighted by atomic mass is 28.4. The molecule has 0 aromatic heterocycles. The van der Waals surface area contributed by atoms with Gasteiger partial charge in [0.05, 0.1) is 0 Å². The van der Waals surface area contributed by atoms with Crippen molar-refractivity contribution >= 4 is 8.80 Å². The SMILES string of the molecule is CCCO[Si](CC(C)C)(OC)OC. The summed E-state index contributed by atoms with van der Waals surface area (Å²) in [5.74, 6) is 0.545. The third kappa shape index (κ3) is 4.76. The van der Waals surface area contributed by atoms with Crippen molar-refractivity contribution in [2.75, 3.05) is 20.8 Å². The molecule has 80 valence electrons. The van der Waals surface area contributed by atoms with E-state index < -0.39 is 8.80 Å². The zero-order valence-corrected chi connectivity index (χ0v) is 10.4. The van der Waals surface area contributed by atoms with Crippen molar-refractivity contribution in [2.24, 2.45) is 5.92 Å². The van der Waals surface area contributed by atoms with Gasteiger partial charge in [0.1, 0.15) is 0 Å². The van der Waals surface area contributed by atoms with Crippen LogP contribution in [-0.2, 0) is 13.3 Å². The zero-order valence-electron chi connectivity index (χ0n) is 9.42. The van der Waals surface area contributed by atoms with Crippen molar-refractivity contribution in [1.29, 1.82) is 0 Å². The first kappa shape index (κ1) is 13.1. The average Bonchev–Trinajstić information content (AvgIpc) is 2.12. The van der Waals surface area contributed by atoms with E-state index in [1.807, 2.05) is 0 Å². The van der Waals surface area contributed by atoms with E-state index in [4.69, 9.17) is 13.3 Å². The lowest BCUT2D eigenvalue weighted by atomic mass is 10.3. The van der Waals surface area contributed by atoms with Crippen LogP contribution in [0.25, 0.3) is 0 Å². The highest BCUT2D eigenvalue weighted by Gasteiger charge is 2.39. The highest BCUT2D eigenvalue weighted by Crippen LogP contribution is 2.19. The molecular weight excluding hydrogens is 184 g/mol. The van der Waals surface area contributed by atoms with Crippen LogP contribution < -0.4 is 0 Å². The lowest BCUT2D eigenvalue weighted by Gasteiger charge is -2.27. The van der Waals surface area contributed by atoms with Crippen molar-refractivity contribution in [1.82, 2.24) is 0 Å². The number of hydrogen-bond acceptors (Lipinski definition) is 3. The molecule has 13 heavy (non-hydrogen) atoms. The van der Waals surface area contributed by atoms with Gasteiger partial charge in [-0.15, -0.1) is 0 Å². The minimum atomic E-state index is -2.33. The van der Waals surface area contributed by atoms with Crippen LogP contribution in [0.2, 0.25) is 6.04 Å². The van der Waals surface area contributed by atoms with Gasteiger partial charge < -0.3 is 13.3 Å². The minimum Gasteiger partial charge on any atom is -0.377 e. The standard InChI is InChI=1S/C9H22O3Si/c1-6-7-12-13(10-4,11-5)8-9(2)3/h9H,6-8H2,1-5H3. The molecule has 0 aliphatic heterocycles. The van der Waals surface area contributed by atoms with Crippen molar-refractivity contribution < 1.29 is 13.3 Å². The molecule has 3 nitrogen and oxygen atoms in total. The van der Waals surface area contributed by atoms with Gasteiger partial charge in [-0.2, -0.15) is 0 Å². The van der Waals surface area contributed by atoms with Crippen LogP contribution in [0.1, 0.15) is 27.2 Å². The molecule has 4 heteroatoms. The van der Waals surface area contributed by atoms with Crippen molar-refractivity contribution in [2.45, 2.75) is 33.2 Å². The Labute approximate surface area is 82.8 Å². The Morgan fingerprint density at radius 3 is 2.00 bits per heavy atom. The summed E-state index contributed by atoms with van der Waals surface area (Å²) < 4.78 is 16.5. The van der Waals surface area contributed by atoms with Gasteiger partial charge in [-0.1, -0.05) is 20.8 Å². The van der Waals surface area contributed by atoms with Gasteiger partial charge >= 0.3 is 8.80 Å². The van der Waals surface area contributed by atoms with Gasteiger partial charge in [0.15, 0.2) is 0 Å². The second kappa shape index (κ2) is 6.54. The second-order valence-corrected chi connectivity index (χ2v) is 6.42. The summed E-state index contributed by atoms with van der Waals surface area (Å²) in [5.41, 5.74) is 0. The Hall–Kier alpha value is 0.0969. The molecule has 0 atom stereocenters. The first-order valence-electron chi connectivity index (χ1n) is 4.84. The Morgan fingerprint density at radius 2 is 1.69 bits per heavy atom. The molecule has 0 heterocycles. The lowest BCUT2D eigenvalue weighted by molar-refractivity contribution is 0.0949. The highest BCUT2D eigenvalue weighted by molar-refractivity contribution is 6.60. The smallest absolute Gasteiger partial charge is 0.377 e. The van der Waals surface area contributed by atoms with Crippen molar-refractivity contribution in [3.8, 4) is 0 Å². The lowest BCUT2D eigenvalue weighted by Crippen LogP contribution is -2.45. The molecule has 0 unspecified atom stereocenters. The maximum Gasteiger partial charge on any atom is 0.500 e. The summed E-state index contributed by atoms with van der Waals surface area (Å²) >= 11 is 0. The van der Waals surface area contributed by atoms with Gasteiger partial charge in [0, 0.05) is 26.9 Å². The van der Waals surface area contributed by atoms with Gasteiger partial charge in [-0.25, -0.2) is 0 Å². The topological polar surface area (TPSA) is 27.7 Å². The summed E-state index contributed by atoms with van der Waals surface area (Å²) in [5, 5.41) is 0. The van der Waals surface area contributed by atoms with E-state index in [9.17, 15) is 0 Å². The van der Waals surface area contributed by atoms with Crippen LogP contribution in [0.4, 0.5) is 0 Å². The van der Waals surface area contributed by atoms with Gasteiger partial charge in [-0.05, 0) is 12.3 Å². The fourth-order valence-electron chi connectivity index (χ4n) is 1.18. The molecule has 0 N–H and O–H groups in total. The molecule has 0 aliphatic carbocycles. The van der Waals surface area contributed by atoms with Crippen LogP contribution in [0.5, 0.6) is 0 Å². The van der Waals surface area contributed by atoms with E-state index in [0.29, 0.717) is 5.92 Å². The minimum absolute atomic E-state index is 0.545. The maximum absolute atomic E-state index is 5.68. The van der Waals surface area contributed by atoms with Crippen molar-refractivity contribution in [3.05, 3.63) is 0 Å². The summed E-state index contributed by atoms with van der Waals surface area (Å²) in [7, 11) is 1.02. The third-order valence-electron chi connectivity index (χ3n) is 1.81. The molecule has 0 bridgehead atoms. The fourth-order valence-corrected chi connectivity index (χ4v) is 3.55. The van der Waals surface area contributed by atoms with E-state index in [2.05, 4.69) is 20.8 Å². The predicted molar refractivity (Wildman–Crippen MR) is 55.7 cm³/mol. The predicted octanol–water partition coefficient (Wildman–Crippen LogP) is 2.30. The Kier molecular flexibility index (Phi) is 6.58. The van der Waals surface area contributed by atoms with E-state index in [-0.39, 0.29) is 0 Å². The maximum atomic E-state index is 5.68. The molecule has 0 fully saturated rings. The Balaban J connectivity index is 4.13. The van der Waals surface area contributed by atoms with Crippen LogP contribution in [0.3, 0.4) is 0 Å². The van der Waals surface area contributed by atoms with Crippen LogP contribution in [0.15, 0.2) is 0 Å². The van der Waals surface area contributed by atoms with E-state index in [1.54, 1.807) is 14.2 Å². The first-order valence-corrected chi connectivity index (χ1v) is 6.77. The van der Waals surface area contributed by atoms with Gasteiger partial charge in [-0.3, -0.25) is 0 Å². The van der Waals surface area contributed by atoms with Crippen molar-refractivity contribution in [3.63, 3.8) is 0 Å². The molecule has 0 saturated heterocycles. The van der Waals surface area contributed by atoms with E-state index in [1.165, 1.54) is 0 Å². The summed E-state index contributed by atoms with van der Waals surface area (Å²) in [6.45, 7) is 7.10. The van der Waals surface area contributed by atoms with Crippen LogP contribution in [0, 0.1) is 5.92 Å². The first-order chi connectivity index (χ1) is 6.10. The van der Waals surface area contributed by atoms with Gasteiger partial charge in [0.25, 0.3) is 0 Å². The third-order valence-corrected chi connectivity index (χ3v) is 5.01. The number of rotatable bonds is 7. The molecule has 0 aromatic carbocycles. The molecule has 0 amide bonds. The molecular formula is C9H22O3Si. The summed E-state index contributed by atoms with van der Waals surface area (Å²) in [4.78, 5) is 0. The van der Waals surface area contributed by atoms with Crippen LogP contribution in [-0.4, -0.2) is 29.6 Å². The summed E-state index contributed by atoms with van der Waals surface area (Å²) in [6.07, 6.45) is 1.000. The molecule has 0 aliphatic rings. The molecule has 0 rings (SSSR count). The quantitative estimate of drug-likeness (QED) is 0.598. The second-order valence-electron chi connectivity index (χ2n) is 3.54. The Morgan fingerprint density at radius 1 is 1.15 bits per heavy atom. The molecule has 0 radical (unpaired) electrons. The van der Waals surface area contributed by atoms with E-state index in [0.717, 1.165) is 19.1 Å². The fraction of sp³-hybridized carbons (Fsp3) is 1.00. The largest absolute Gasteiger partial charge is 0.500 e. The summed E-state index contributed by atoms with van der Waals surface area (Å²) in [6, 6.07) is 0.889. The zero-order chi connectivity index (χ0) is 10.3.